The van der Waals surface area contributed by atoms with Crippen LogP contribution in [-0.2, 0) is 14.9 Å². The minimum atomic E-state index is -0.488. The second-order valence-electron chi connectivity index (χ2n) is 5.22. The number of carbonyl (C=O) groups is 1. The molecule has 0 fully saturated rings. The Balaban J connectivity index is 3.15. The van der Waals surface area contributed by atoms with Crippen molar-refractivity contribution >= 4 is 17.3 Å². The zero-order valence-corrected chi connectivity index (χ0v) is 12.0. The monoisotopic (exact) mass is 255 g/mol. The van der Waals surface area contributed by atoms with E-state index in [1.807, 2.05) is 20.8 Å². The van der Waals surface area contributed by atoms with E-state index in [1.54, 1.807) is 11.3 Å². The van der Waals surface area contributed by atoms with Gasteiger partial charge in [0.25, 0.3) is 0 Å². The van der Waals surface area contributed by atoms with Crippen molar-refractivity contribution in [2.45, 2.75) is 45.1 Å². The van der Waals surface area contributed by atoms with Gasteiger partial charge in [-0.25, -0.2) is 0 Å². The van der Waals surface area contributed by atoms with E-state index in [1.165, 1.54) is 12.0 Å². The normalized spacial score (nSPS) is 15.4. The van der Waals surface area contributed by atoms with Gasteiger partial charge in [0.15, 0.2) is 0 Å². The fourth-order valence-electron chi connectivity index (χ4n) is 1.72. The molecule has 1 unspecified atom stereocenters. The Morgan fingerprint density at radius 1 is 1.41 bits per heavy atom. The van der Waals surface area contributed by atoms with E-state index in [4.69, 9.17) is 10.5 Å². The molecule has 0 bridgehead atoms. The van der Waals surface area contributed by atoms with Crippen LogP contribution in [0.2, 0.25) is 0 Å². The molecule has 0 amide bonds. The van der Waals surface area contributed by atoms with Gasteiger partial charge in [-0.15, -0.1) is 11.3 Å². The van der Waals surface area contributed by atoms with Gasteiger partial charge in [0, 0.05) is 20.7 Å². The number of hydrogen-bond acceptors (Lipinski definition) is 4. The van der Waals surface area contributed by atoms with Crippen LogP contribution in [0.4, 0.5) is 0 Å². The zero-order chi connectivity index (χ0) is 13.3. The Morgan fingerprint density at radius 2 is 2.00 bits per heavy atom. The maximum atomic E-state index is 11.6. The minimum absolute atomic E-state index is 0.225. The van der Waals surface area contributed by atoms with Crippen molar-refractivity contribution < 1.29 is 9.53 Å². The molecular formula is C13H21NO2S. The van der Waals surface area contributed by atoms with E-state index >= 15 is 0 Å². The van der Waals surface area contributed by atoms with Crippen LogP contribution >= 0.6 is 11.3 Å². The first-order valence-corrected chi connectivity index (χ1v) is 6.45. The Kier molecular flexibility index (Phi) is 3.99. The molecule has 17 heavy (non-hydrogen) atoms. The van der Waals surface area contributed by atoms with Gasteiger partial charge in [0.2, 0.25) is 0 Å². The van der Waals surface area contributed by atoms with E-state index in [0.29, 0.717) is 6.42 Å². The third-order valence-electron chi connectivity index (χ3n) is 3.43. The van der Waals surface area contributed by atoms with Gasteiger partial charge >= 0.3 is 5.97 Å². The second kappa shape index (κ2) is 4.78. The molecule has 3 nitrogen and oxygen atoms in total. The molecule has 0 aliphatic rings. The first-order valence-electron chi connectivity index (χ1n) is 5.63. The predicted octanol–water partition coefficient (Wildman–Crippen LogP) is 2.61. The lowest BCUT2D eigenvalue weighted by Crippen LogP contribution is -2.53. The van der Waals surface area contributed by atoms with Crippen molar-refractivity contribution in [1.82, 2.24) is 0 Å². The summed E-state index contributed by atoms with van der Waals surface area (Å²) in [5.41, 5.74) is 5.37. The summed E-state index contributed by atoms with van der Waals surface area (Å²) in [5.74, 6) is -0.225. The third-order valence-corrected chi connectivity index (χ3v) is 4.70. The maximum Gasteiger partial charge on any atom is 0.306 e. The fourth-order valence-corrected chi connectivity index (χ4v) is 2.90. The lowest BCUT2D eigenvalue weighted by atomic mass is 9.70. The first kappa shape index (κ1) is 14.2. The molecule has 0 aromatic carbocycles. The average molecular weight is 255 g/mol. The van der Waals surface area contributed by atoms with Gasteiger partial charge in [0.05, 0.1) is 13.5 Å². The highest BCUT2D eigenvalue weighted by Gasteiger charge is 2.42. The van der Waals surface area contributed by atoms with Crippen LogP contribution in [0.1, 0.15) is 36.9 Å². The summed E-state index contributed by atoms with van der Waals surface area (Å²) in [6.45, 7) is 7.97. The predicted molar refractivity (Wildman–Crippen MR) is 71.3 cm³/mol. The molecule has 1 heterocycles. The molecule has 0 aliphatic carbocycles. The Hall–Kier alpha value is -0.870. The summed E-state index contributed by atoms with van der Waals surface area (Å²) in [6, 6.07) is 4.11. The third kappa shape index (κ3) is 2.87. The van der Waals surface area contributed by atoms with Crippen molar-refractivity contribution in [2.24, 2.45) is 5.73 Å². The molecule has 0 aliphatic heterocycles. The largest absolute Gasteiger partial charge is 0.469 e. The molecule has 4 heteroatoms. The van der Waals surface area contributed by atoms with Gasteiger partial charge in [0.1, 0.15) is 0 Å². The van der Waals surface area contributed by atoms with Crippen LogP contribution in [0.25, 0.3) is 0 Å². The summed E-state index contributed by atoms with van der Waals surface area (Å²) in [6.07, 6.45) is 0.299. The highest BCUT2D eigenvalue weighted by molar-refractivity contribution is 7.12. The van der Waals surface area contributed by atoms with E-state index < -0.39 is 11.0 Å². The topological polar surface area (TPSA) is 52.3 Å². The van der Waals surface area contributed by atoms with Crippen LogP contribution in [0.15, 0.2) is 12.1 Å². The van der Waals surface area contributed by atoms with Gasteiger partial charge in [-0.05, 0) is 32.9 Å². The first-order chi connectivity index (χ1) is 7.70. The summed E-state index contributed by atoms with van der Waals surface area (Å²) in [4.78, 5) is 13.9. The number of aryl methyl sites for hydroxylation is 1. The number of rotatable bonds is 4. The van der Waals surface area contributed by atoms with Crippen LogP contribution in [-0.4, -0.2) is 18.6 Å². The zero-order valence-electron chi connectivity index (χ0n) is 11.2. The summed E-state index contributed by atoms with van der Waals surface area (Å²) in [5, 5.41) is 0. The molecule has 0 radical (unpaired) electrons. The Bertz CT molecular complexity index is 406. The lowest BCUT2D eigenvalue weighted by molar-refractivity contribution is -0.142. The molecular weight excluding hydrogens is 234 g/mol. The molecule has 0 spiro atoms. The van der Waals surface area contributed by atoms with Gasteiger partial charge in [-0.2, -0.15) is 0 Å². The number of methoxy groups -OCH3 is 1. The molecule has 1 atom stereocenters. The fraction of sp³-hybridized carbons (Fsp3) is 0.615. The minimum Gasteiger partial charge on any atom is -0.469 e. The number of hydrogen-bond donors (Lipinski definition) is 1. The van der Waals surface area contributed by atoms with Gasteiger partial charge in [-0.3, -0.25) is 4.79 Å². The van der Waals surface area contributed by atoms with Crippen molar-refractivity contribution in [2.75, 3.05) is 7.11 Å². The van der Waals surface area contributed by atoms with Crippen molar-refractivity contribution in [3.63, 3.8) is 0 Å². The van der Waals surface area contributed by atoms with E-state index in [0.717, 1.165) is 4.88 Å². The number of thiophene rings is 1. The van der Waals surface area contributed by atoms with Crippen LogP contribution < -0.4 is 5.73 Å². The molecule has 96 valence electrons. The van der Waals surface area contributed by atoms with Crippen LogP contribution in [0.5, 0.6) is 0 Å². The molecule has 0 saturated heterocycles. The van der Waals surface area contributed by atoms with Crippen molar-refractivity contribution in [1.29, 1.82) is 0 Å². The maximum absolute atomic E-state index is 11.6. The summed E-state index contributed by atoms with van der Waals surface area (Å²) in [7, 11) is 1.41. The Morgan fingerprint density at radius 3 is 2.35 bits per heavy atom. The number of ether oxygens (including phenoxy) is 1. The average Bonchev–Trinajstić information content (AvgIpc) is 2.63. The number of esters is 1. The molecule has 1 aromatic rings. The molecule has 2 N–H and O–H groups in total. The summed E-state index contributed by atoms with van der Waals surface area (Å²) >= 11 is 1.69. The van der Waals surface area contributed by atoms with E-state index in [2.05, 4.69) is 19.1 Å². The van der Waals surface area contributed by atoms with Gasteiger partial charge < -0.3 is 10.5 Å². The van der Waals surface area contributed by atoms with Crippen molar-refractivity contribution in [3.05, 3.63) is 21.9 Å². The highest BCUT2D eigenvalue weighted by atomic mass is 32.1. The number of carbonyl (C=O) groups excluding carboxylic acids is 1. The van der Waals surface area contributed by atoms with Crippen LogP contribution in [0.3, 0.4) is 0 Å². The number of nitrogens with two attached hydrogens (primary N) is 1. The van der Waals surface area contributed by atoms with E-state index in [9.17, 15) is 4.79 Å². The lowest BCUT2D eigenvalue weighted by Gasteiger charge is -2.40. The van der Waals surface area contributed by atoms with Crippen molar-refractivity contribution in [3.8, 4) is 0 Å². The standard InChI is InChI=1S/C13H21NO2S/c1-9-6-7-10(17-9)13(4,12(2,3)14)8-11(15)16-5/h6-7H,8,14H2,1-5H3. The highest BCUT2D eigenvalue weighted by Crippen LogP contribution is 2.40. The van der Waals surface area contributed by atoms with Gasteiger partial charge in [-0.1, -0.05) is 6.92 Å². The quantitative estimate of drug-likeness (QED) is 0.841. The SMILES string of the molecule is COC(=O)CC(C)(c1ccc(C)s1)C(C)(C)N. The summed E-state index contributed by atoms with van der Waals surface area (Å²) < 4.78 is 4.78. The van der Waals surface area contributed by atoms with E-state index in [-0.39, 0.29) is 5.97 Å². The van der Waals surface area contributed by atoms with Crippen LogP contribution in [0, 0.1) is 6.92 Å². The molecule has 1 rings (SSSR count). The second-order valence-corrected chi connectivity index (χ2v) is 6.50. The molecule has 0 saturated carbocycles. The smallest absolute Gasteiger partial charge is 0.306 e. The molecule has 1 aromatic heterocycles. The Labute approximate surface area is 107 Å².